The lowest BCUT2D eigenvalue weighted by atomic mass is 10.9. The van der Waals surface area contributed by atoms with Crippen molar-refractivity contribution in [3.8, 4) is 12.0 Å². The topological polar surface area (TPSA) is 57.1 Å². The van der Waals surface area contributed by atoms with Gasteiger partial charge in [0.1, 0.15) is 6.33 Å². The zero-order valence-electron chi connectivity index (χ0n) is 7.00. The number of nitrogens with zero attached hydrogens (tertiary/aromatic N) is 3. The van der Waals surface area contributed by atoms with E-state index in [4.69, 9.17) is 0 Å². The Morgan fingerprint density at radius 3 is 1.50 bits per heavy atom. The van der Waals surface area contributed by atoms with E-state index in [1.54, 1.807) is 0 Å². The smallest absolute Gasteiger partial charge is 0.370 e. The standard InChI is InChI=1S/C5HF6N3O2/c6-4(7,8)15-2-12-1-13-3(14-2)16-5(9,10)11/h1H. The number of alkyl halides is 6. The Morgan fingerprint density at radius 2 is 1.19 bits per heavy atom. The van der Waals surface area contributed by atoms with E-state index in [1.807, 2.05) is 0 Å². The summed E-state index contributed by atoms with van der Waals surface area (Å²) >= 11 is 0. The predicted octanol–water partition coefficient (Wildman–Crippen LogP) is 1.67. The van der Waals surface area contributed by atoms with Crippen molar-refractivity contribution in [1.82, 2.24) is 15.0 Å². The van der Waals surface area contributed by atoms with Gasteiger partial charge in [-0.2, -0.15) is 9.97 Å². The van der Waals surface area contributed by atoms with Crippen LogP contribution in [0.2, 0.25) is 0 Å². The molecule has 0 unspecified atom stereocenters. The molecular weight excluding hydrogens is 248 g/mol. The average Bonchev–Trinajstić information content (AvgIpc) is 1.96. The molecule has 5 nitrogen and oxygen atoms in total. The summed E-state index contributed by atoms with van der Waals surface area (Å²) in [6.45, 7) is 0. The molecule has 0 N–H and O–H groups in total. The monoisotopic (exact) mass is 249 g/mol. The van der Waals surface area contributed by atoms with Crippen molar-refractivity contribution in [2.24, 2.45) is 0 Å². The quantitative estimate of drug-likeness (QED) is 0.746. The average molecular weight is 249 g/mol. The van der Waals surface area contributed by atoms with Gasteiger partial charge in [-0.25, -0.2) is 0 Å². The van der Waals surface area contributed by atoms with Crippen LogP contribution in [0.4, 0.5) is 26.3 Å². The highest BCUT2D eigenvalue weighted by molar-refractivity contribution is 4.99. The van der Waals surface area contributed by atoms with Crippen LogP contribution in [0.1, 0.15) is 0 Å². The van der Waals surface area contributed by atoms with Crippen molar-refractivity contribution in [2.45, 2.75) is 12.7 Å². The van der Waals surface area contributed by atoms with Gasteiger partial charge in [0.05, 0.1) is 0 Å². The van der Waals surface area contributed by atoms with Gasteiger partial charge in [-0.3, -0.25) is 0 Å². The van der Waals surface area contributed by atoms with E-state index >= 15 is 0 Å². The predicted molar refractivity (Wildman–Crippen MR) is 33.2 cm³/mol. The van der Waals surface area contributed by atoms with Crippen molar-refractivity contribution in [3.63, 3.8) is 0 Å². The molecule has 16 heavy (non-hydrogen) atoms. The first-order valence-electron chi connectivity index (χ1n) is 3.36. The molecule has 1 rings (SSSR count). The Balaban J connectivity index is 2.79. The number of ether oxygens (including phenoxy) is 2. The summed E-state index contributed by atoms with van der Waals surface area (Å²) in [6, 6.07) is -2.69. The van der Waals surface area contributed by atoms with Gasteiger partial charge in [0, 0.05) is 0 Å². The number of hydrogen-bond donors (Lipinski definition) is 0. The van der Waals surface area contributed by atoms with Gasteiger partial charge >= 0.3 is 24.7 Å². The molecular formula is C5HF6N3O2. The fraction of sp³-hybridized carbons (Fsp3) is 0.400. The molecule has 0 atom stereocenters. The maximum absolute atomic E-state index is 11.6. The number of rotatable bonds is 2. The third-order valence-corrected chi connectivity index (χ3v) is 0.942. The second-order valence-electron chi connectivity index (χ2n) is 2.15. The highest BCUT2D eigenvalue weighted by atomic mass is 19.4. The van der Waals surface area contributed by atoms with Crippen LogP contribution < -0.4 is 9.47 Å². The Bertz CT molecular complexity index is 333. The molecule has 90 valence electrons. The van der Waals surface area contributed by atoms with Gasteiger partial charge in [-0.15, -0.1) is 31.3 Å². The van der Waals surface area contributed by atoms with Crippen molar-refractivity contribution < 1.29 is 35.8 Å². The third kappa shape index (κ3) is 4.61. The molecule has 0 aromatic carbocycles. The summed E-state index contributed by atoms with van der Waals surface area (Å²) in [5, 5.41) is 0. The highest BCUT2D eigenvalue weighted by Crippen LogP contribution is 2.22. The van der Waals surface area contributed by atoms with Crippen LogP contribution in [0.5, 0.6) is 12.0 Å². The van der Waals surface area contributed by atoms with Crippen LogP contribution in [0.25, 0.3) is 0 Å². The zero-order valence-corrected chi connectivity index (χ0v) is 7.00. The van der Waals surface area contributed by atoms with Gasteiger partial charge in [0.2, 0.25) is 0 Å². The van der Waals surface area contributed by atoms with Crippen LogP contribution in [0.3, 0.4) is 0 Å². The normalized spacial score (nSPS) is 12.4. The second-order valence-corrected chi connectivity index (χ2v) is 2.15. The first-order valence-corrected chi connectivity index (χ1v) is 3.36. The third-order valence-electron chi connectivity index (χ3n) is 0.942. The molecule has 0 spiro atoms. The molecule has 1 aromatic rings. The molecule has 0 aliphatic rings. The first-order chi connectivity index (χ1) is 7.16. The maximum atomic E-state index is 11.6. The van der Waals surface area contributed by atoms with E-state index in [0.29, 0.717) is 6.33 Å². The lowest BCUT2D eigenvalue weighted by molar-refractivity contribution is -0.281. The van der Waals surface area contributed by atoms with E-state index in [9.17, 15) is 26.3 Å². The minimum absolute atomic E-state index is 0.384. The fourth-order valence-electron chi connectivity index (χ4n) is 0.573. The minimum atomic E-state index is -5.11. The van der Waals surface area contributed by atoms with E-state index in [1.165, 1.54) is 0 Å². The molecule has 0 fully saturated rings. The van der Waals surface area contributed by atoms with Gasteiger partial charge < -0.3 is 9.47 Å². The molecule has 0 bridgehead atoms. The Labute approximate surface area is 83.0 Å². The molecule has 0 saturated carbocycles. The molecule has 1 heterocycles. The van der Waals surface area contributed by atoms with Crippen molar-refractivity contribution in [2.75, 3.05) is 0 Å². The van der Waals surface area contributed by atoms with Crippen molar-refractivity contribution in [3.05, 3.63) is 6.33 Å². The Hall–Kier alpha value is -1.81. The van der Waals surface area contributed by atoms with E-state index in [2.05, 4.69) is 24.4 Å². The van der Waals surface area contributed by atoms with Gasteiger partial charge in [-0.05, 0) is 0 Å². The summed E-state index contributed by atoms with van der Waals surface area (Å²) in [6.07, 6.45) is -9.84. The molecule has 0 aliphatic carbocycles. The van der Waals surface area contributed by atoms with E-state index in [0.717, 1.165) is 0 Å². The molecule has 0 amide bonds. The van der Waals surface area contributed by atoms with Gasteiger partial charge in [-0.1, -0.05) is 0 Å². The van der Waals surface area contributed by atoms with Gasteiger partial charge in [0.15, 0.2) is 0 Å². The lowest BCUT2D eigenvalue weighted by Crippen LogP contribution is -2.21. The number of halogens is 6. The van der Waals surface area contributed by atoms with Crippen LogP contribution >= 0.6 is 0 Å². The zero-order chi connectivity index (χ0) is 12.4. The van der Waals surface area contributed by atoms with Gasteiger partial charge in [0.25, 0.3) is 0 Å². The number of aromatic nitrogens is 3. The largest absolute Gasteiger partial charge is 0.575 e. The summed E-state index contributed by atoms with van der Waals surface area (Å²) < 4.78 is 76.0. The van der Waals surface area contributed by atoms with Crippen LogP contribution in [0.15, 0.2) is 6.33 Å². The lowest BCUT2D eigenvalue weighted by Gasteiger charge is -2.08. The fourth-order valence-corrected chi connectivity index (χ4v) is 0.573. The summed E-state index contributed by atoms with van der Waals surface area (Å²) in [5.74, 6) is 0. The van der Waals surface area contributed by atoms with Crippen molar-refractivity contribution in [1.29, 1.82) is 0 Å². The Kier molecular flexibility index (Phi) is 3.05. The number of hydrogen-bond acceptors (Lipinski definition) is 5. The summed E-state index contributed by atoms with van der Waals surface area (Å²) in [5.41, 5.74) is 0. The molecule has 0 radical (unpaired) electrons. The van der Waals surface area contributed by atoms with E-state index in [-0.39, 0.29) is 0 Å². The van der Waals surface area contributed by atoms with Crippen LogP contribution in [-0.2, 0) is 0 Å². The molecule has 1 aromatic heterocycles. The van der Waals surface area contributed by atoms with Crippen molar-refractivity contribution >= 4 is 0 Å². The molecule has 0 aliphatic heterocycles. The Morgan fingerprint density at radius 1 is 0.812 bits per heavy atom. The second kappa shape index (κ2) is 3.98. The SMILES string of the molecule is FC(F)(F)Oc1ncnc(OC(F)(F)F)n1. The summed E-state index contributed by atoms with van der Waals surface area (Å²) in [4.78, 5) is 8.32. The molecule has 0 saturated heterocycles. The molecule has 11 heteroatoms. The maximum Gasteiger partial charge on any atom is 0.575 e. The van der Waals surface area contributed by atoms with Crippen LogP contribution in [0, 0.1) is 0 Å². The first kappa shape index (κ1) is 12.3. The minimum Gasteiger partial charge on any atom is -0.370 e. The van der Waals surface area contributed by atoms with Crippen LogP contribution in [-0.4, -0.2) is 27.7 Å². The highest BCUT2D eigenvalue weighted by Gasteiger charge is 2.35. The summed E-state index contributed by atoms with van der Waals surface area (Å²) in [7, 11) is 0. The van der Waals surface area contributed by atoms with E-state index < -0.39 is 24.7 Å².